The Morgan fingerprint density at radius 2 is 2.05 bits per heavy atom. The van der Waals surface area contributed by atoms with E-state index >= 15 is 0 Å². The number of hydrogen-bond acceptors (Lipinski definition) is 1. The van der Waals surface area contributed by atoms with Gasteiger partial charge >= 0.3 is 0 Å². The van der Waals surface area contributed by atoms with Crippen LogP contribution in [0.25, 0.3) is 0 Å². The van der Waals surface area contributed by atoms with Crippen LogP contribution in [0.1, 0.15) is 63.6 Å². The Morgan fingerprint density at radius 1 is 1.26 bits per heavy atom. The molecule has 0 bridgehead atoms. The molecule has 3 unspecified atom stereocenters. The summed E-state index contributed by atoms with van der Waals surface area (Å²) in [5.41, 5.74) is 3.12. The largest absolute Gasteiger partial charge is 0.310 e. The smallest absolute Gasteiger partial charge is 0.0351 e. The SMILES string of the molecule is CCCC(C)CC1CCc2ccccc2C1NCC. The van der Waals surface area contributed by atoms with Crippen LogP contribution in [0.3, 0.4) is 0 Å². The number of benzene rings is 1. The third-order valence-corrected chi connectivity index (χ3v) is 4.56. The molecule has 1 N–H and O–H groups in total. The molecule has 2 rings (SSSR count). The van der Waals surface area contributed by atoms with E-state index in [-0.39, 0.29) is 0 Å². The molecule has 19 heavy (non-hydrogen) atoms. The van der Waals surface area contributed by atoms with Crippen LogP contribution >= 0.6 is 0 Å². The van der Waals surface area contributed by atoms with E-state index in [1.807, 2.05) is 0 Å². The third kappa shape index (κ3) is 3.60. The maximum absolute atomic E-state index is 3.74. The fourth-order valence-corrected chi connectivity index (χ4v) is 3.70. The molecule has 1 aliphatic rings. The lowest BCUT2D eigenvalue weighted by atomic mass is 9.75. The van der Waals surface area contributed by atoms with Gasteiger partial charge in [-0.1, -0.05) is 57.9 Å². The van der Waals surface area contributed by atoms with E-state index in [4.69, 9.17) is 0 Å². The minimum Gasteiger partial charge on any atom is -0.310 e. The second kappa shape index (κ2) is 7.09. The van der Waals surface area contributed by atoms with Crippen LogP contribution in [0.5, 0.6) is 0 Å². The summed E-state index contributed by atoms with van der Waals surface area (Å²) >= 11 is 0. The lowest BCUT2D eigenvalue weighted by Gasteiger charge is -2.35. The summed E-state index contributed by atoms with van der Waals surface area (Å²) in [5.74, 6) is 1.68. The Hall–Kier alpha value is -0.820. The normalized spacial score (nSPS) is 23.9. The monoisotopic (exact) mass is 259 g/mol. The molecule has 1 nitrogen and oxygen atoms in total. The van der Waals surface area contributed by atoms with Gasteiger partial charge in [-0.25, -0.2) is 0 Å². The van der Waals surface area contributed by atoms with E-state index in [9.17, 15) is 0 Å². The van der Waals surface area contributed by atoms with Crippen molar-refractivity contribution in [3.63, 3.8) is 0 Å². The third-order valence-electron chi connectivity index (χ3n) is 4.56. The van der Waals surface area contributed by atoms with Gasteiger partial charge in [0.05, 0.1) is 0 Å². The molecular formula is C18H29N. The lowest BCUT2D eigenvalue weighted by molar-refractivity contribution is 0.263. The van der Waals surface area contributed by atoms with Crippen LogP contribution in [-0.4, -0.2) is 6.54 Å². The maximum Gasteiger partial charge on any atom is 0.0351 e. The fourth-order valence-electron chi connectivity index (χ4n) is 3.70. The van der Waals surface area contributed by atoms with Crippen molar-refractivity contribution in [3.8, 4) is 0 Å². The van der Waals surface area contributed by atoms with Gasteiger partial charge in [0, 0.05) is 6.04 Å². The molecule has 0 spiro atoms. The van der Waals surface area contributed by atoms with E-state index in [1.165, 1.54) is 32.1 Å². The molecule has 0 heterocycles. The van der Waals surface area contributed by atoms with Crippen molar-refractivity contribution in [1.82, 2.24) is 5.32 Å². The highest BCUT2D eigenvalue weighted by Gasteiger charge is 2.29. The van der Waals surface area contributed by atoms with Crippen LogP contribution in [0, 0.1) is 11.8 Å². The standard InChI is InChI=1S/C18H29N/c1-4-8-14(3)13-16-12-11-15-9-6-7-10-17(15)18(16)19-5-2/h6-7,9-10,14,16,18-19H,4-5,8,11-13H2,1-3H3. The number of fused-ring (bicyclic) bond motifs is 1. The molecule has 0 amide bonds. The quantitative estimate of drug-likeness (QED) is 0.779. The number of rotatable bonds is 6. The van der Waals surface area contributed by atoms with E-state index < -0.39 is 0 Å². The molecule has 1 aromatic carbocycles. The predicted octanol–water partition coefficient (Wildman–Crippen LogP) is 4.73. The maximum atomic E-state index is 3.74. The number of nitrogens with one attached hydrogen (secondary N) is 1. The van der Waals surface area contributed by atoms with Crippen molar-refractivity contribution in [2.45, 2.75) is 58.9 Å². The molecule has 3 atom stereocenters. The van der Waals surface area contributed by atoms with E-state index in [1.54, 1.807) is 11.1 Å². The van der Waals surface area contributed by atoms with Gasteiger partial charge < -0.3 is 5.32 Å². The van der Waals surface area contributed by atoms with Crippen molar-refractivity contribution in [2.75, 3.05) is 6.54 Å². The van der Waals surface area contributed by atoms with Gasteiger partial charge in [0.15, 0.2) is 0 Å². The topological polar surface area (TPSA) is 12.0 Å². The van der Waals surface area contributed by atoms with Crippen LogP contribution in [0.2, 0.25) is 0 Å². The number of hydrogen-bond donors (Lipinski definition) is 1. The molecule has 0 aromatic heterocycles. The molecule has 1 aromatic rings. The molecule has 0 fully saturated rings. The highest BCUT2D eigenvalue weighted by molar-refractivity contribution is 5.33. The van der Waals surface area contributed by atoms with Crippen molar-refractivity contribution in [1.29, 1.82) is 0 Å². The Labute approximate surface area is 118 Å². The van der Waals surface area contributed by atoms with Crippen LogP contribution in [-0.2, 0) is 6.42 Å². The molecule has 106 valence electrons. The van der Waals surface area contributed by atoms with Gasteiger partial charge in [-0.3, -0.25) is 0 Å². The van der Waals surface area contributed by atoms with Gasteiger partial charge in [-0.15, -0.1) is 0 Å². The molecule has 0 saturated heterocycles. The average Bonchev–Trinajstić information content (AvgIpc) is 2.42. The Kier molecular flexibility index (Phi) is 5.45. The molecule has 0 aliphatic heterocycles. The van der Waals surface area contributed by atoms with Crippen molar-refractivity contribution < 1.29 is 0 Å². The van der Waals surface area contributed by atoms with Crippen LogP contribution < -0.4 is 5.32 Å². The summed E-state index contributed by atoms with van der Waals surface area (Å²) in [5, 5.41) is 3.74. The first-order valence-electron chi connectivity index (χ1n) is 8.07. The van der Waals surface area contributed by atoms with Gasteiger partial charge in [0.25, 0.3) is 0 Å². The van der Waals surface area contributed by atoms with Gasteiger partial charge in [0.1, 0.15) is 0 Å². The van der Waals surface area contributed by atoms with E-state index in [0.29, 0.717) is 6.04 Å². The Bertz CT molecular complexity index is 385. The van der Waals surface area contributed by atoms with E-state index in [2.05, 4.69) is 50.4 Å². The fraction of sp³-hybridized carbons (Fsp3) is 0.667. The second-order valence-electron chi connectivity index (χ2n) is 6.16. The first-order valence-corrected chi connectivity index (χ1v) is 8.07. The summed E-state index contributed by atoms with van der Waals surface area (Å²) in [6, 6.07) is 9.60. The number of aryl methyl sites for hydroxylation is 1. The summed E-state index contributed by atoms with van der Waals surface area (Å²) in [7, 11) is 0. The van der Waals surface area contributed by atoms with Crippen LogP contribution in [0.4, 0.5) is 0 Å². The first kappa shape index (κ1) is 14.6. The zero-order valence-corrected chi connectivity index (χ0v) is 12.8. The molecule has 0 radical (unpaired) electrons. The van der Waals surface area contributed by atoms with Gasteiger partial charge in [0.2, 0.25) is 0 Å². The van der Waals surface area contributed by atoms with Crippen LogP contribution in [0.15, 0.2) is 24.3 Å². The van der Waals surface area contributed by atoms with Gasteiger partial charge in [-0.2, -0.15) is 0 Å². The molecule has 0 saturated carbocycles. The lowest BCUT2D eigenvalue weighted by Crippen LogP contribution is -2.33. The van der Waals surface area contributed by atoms with Crippen molar-refractivity contribution >= 4 is 0 Å². The Morgan fingerprint density at radius 3 is 2.79 bits per heavy atom. The zero-order valence-electron chi connectivity index (χ0n) is 12.8. The van der Waals surface area contributed by atoms with Gasteiger partial charge in [-0.05, 0) is 48.8 Å². The average molecular weight is 259 g/mol. The summed E-state index contributed by atoms with van der Waals surface area (Å²) in [6.07, 6.45) is 6.68. The second-order valence-corrected chi connectivity index (χ2v) is 6.16. The molecular weight excluding hydrogens is 230 g/mol. The highest BCUT2D eigenvalue weighted by atomic mass is 14.9. The summed E-state index contributed by atoms with van der Waals surface area (Å²) in [4.78, 5) is 0. The minimum absolute atomic E-state index is 0.578. The highest BCUT2D eigenvalue weighted by Crippen LogP contribution is 2.38. The predicted molar refractivity (Wildman–Crippen MR) is 83.4 cm³/mol. The van der Waals surface area contributed by atoms with E-state index in [0.717, 1.165) is 18.4 Å². The molecule has 1 aliphatic carbocycles. The molecule has 1 heteroatoms. The zero-order chi connectivity index (χ0) is 13.7. The van der Waals surface area contributed by atoms with Crippen molar-refractivity contribution in [2.24, 2.45) is 11.8 Å². The summed E-state index contributed by atoms with van der Waals surface area (Å²) < 4.78 is 0. The van der Waals surface area contributed by atoms with Crippen molar-refractivity contribution in [3.05, 3.63) is 35.4 Å². The summed E-state index contributed by atoms with van der Waals surface area (Å²) in [6.45, 7) is 8.02. The Balaban J connectivity index is 2.12. The first-order chi connectivity index (χ1) is 9.26. The minimum atomic E-state index is 0.578.